The van der Waals surface area contributed by atoms with Crippen molar-refractivity contribution in [3.63, 3.8) is 0 Å². The van der Waals surface area contributed by atoms with Crippen LogP contribution in [0.25, 0.3) is 10.9 Å². The second-order valence-corrected chi connectivity index (χ2v) is 5.35. The van der Waals surface area contributed by atoms with E-state index in [9.17, 15) is 4.79 Å². The highest BCUT2D eigenvalue weighted by atomic mass is 16.2. The van der Waals surface area contributed by atoms with E-state index in [-0.39, 0.29) is 5.91 Å². The Morgan fingerprint density at radius 1 is 1.35 bits per heavy atom. The van der Waals surface area contributed by atoms with Gasteiger partial charge in [0.25, 0.3) is 5.91 Å². The van der Waals surface area contributed by atoms with Crippen molar-refractivity contribution in [3.8, 4) is 0 Å². The summed E-state index contributed by atoms with van der Waals surface area (Å²) in [5, 5.41) is 4.25. The predicted molar refractivity (Wildman–Crippen MR) is 79.7 cm³/mol. The fourth-order valence-electron chi connectivity index (χ4n) is 2.82. The molecule has 4 nitrogen and oxygen atoms in total. The molecule has 0 saturated carbocycles. The lowest BCUT2D eigenvalue weighted by molar-refractivity contribution is 0.0782. The number of nitrogens with one attached hydrogen (secondary N) is 1. The van der Waals surface area contributed by atoms with Gasteiger partial charge in [0.05, 0.1) is 5.52 Å². The van der Waals surface area contributed by atoms with Crippen molar-refractivity contribution in [1.82, 2.24) is 15.2 Å². The van der Waals surface area contributed by atoms with Crippen molar-refractivity contribution >= 4 is 16.8 Å². The minimum absolute atomic E-state index is 0.0503. The molecule has 4 heteroatoms. The van der Waals surface area contributed by atoms with Gasteiger partial charge in [0.15, 0.2) is 0 Å². The van der Waals surface area contributed by atoms with Crippen molar-refractivity contribution in [2.24, 2.45) is 5.92 Å². The number of nitrogens with zero attached hydrogens (tertiary/aromatic N) is 2. The summed E-state index contributed by atoms with van der Waals surface area (Å²) < 4.78 is 0. The lowest BCUT2D eigenvalue weighted by Crippen LogP contribution is -2.30. The average Bonchev–Trinajstić information content (AvgIpc) is 2.95. The molecule has 20 heavy (non-hydrogen) atoms. The Morgan fingerprint density at radius 3 is 3.05 bits per heavy atom. The highest BCUT2D eigenvalue weighted by molar-refractivity contribution is 5.95. The van der Waals surface area contributed by atoms with Gasteiger partial charge in [-0.1, -0.05) is 24.3 Å². The Morgan fingerprint density at radius 2 is 2.20 bits per heavy atom. The zero-order chi connectivity index (χ0) is 13.9. The van der Waals surface area contributed by atoms with E-state index < -0.39 is 0 Å². The first-order valence-corrected chi connectivity index (χ1v) is 7.07. The third-order valence-electron chi connectivity index (χ3n) is 3.88. The number of fused-ring (bicyclic) bond motifs is 1. The molecule has 1 amide bonds. The minimum atomic E-state index is 0.0503. The van der Waals surface area contributed by atoms with Crippen LogP contribution in [0.4, 0.5) is 0 Å². The number of para-hydroxylation sites is 1. The number of benzene rings is 1. The lowest BCUT2D eigenvalue weighted by Gasteiger charge is -2.16. The minimum Gasteiger partial charge on any atom is -0.337 e. The number of carbonyl (C=O) groups is 1. The molecule has 3 rings (SSSR count). The van der Waals surface area contributed by atoms with Crippen LogP contribution in [0, 0.1) is 5.92 Å². The number of likely N-dealkylation sites (tertiary alicyclic amines) is 1. The summed E-state index contributed by atoms with van der Waals surface area (Å²) >= 11 is 0. The molecule has 1 fully saturated rings. The number of hydrogen-bond donors (Lipinski definition) is 1. The van der Waals surface area contributed by atoms with Crippen LogP contribution in [-0.2, 0) is 0 Å². The zero-order valence-corrected chi connectivity index (χ0v) is 11.7. The summed E-state index contributed by atoms with van der Waals surface area (Å²) in [6.07, 6.45) is 1.07. The first kappa shape index (κ1) is 13.1. The van der Waals surface area contributed by atoms with Crippen LogP contribution in [0.1, 0.15) is 16.9 Å². The van der Waals surface area contributed by atoms with Crippen LogP contribution in [-0.4, -0.2) is 42.5 Å². The summed E-state index contributed by atoms with van der Waals surface area (Å²) in [7, 11) is 1.95. The van der Waals surface area contributed by atoms with Crippen molar-refractivity contribution < 1.29 is 4.79 Å². The summed E-state index contributed by atoms with van der Waals surface area (Å²) in [6, 6.07) is 11.7. The monoisotopic (exact) mass is 269 g/mol. The van der Waals surface area contributed by atoms with E-state index in [4.69, 9.17) is 0 Å². The molecule has 1 atom stereocenters. The Hall–Kier alpha value is -1.94. The summed E-state index contributed by atoms with van der Waals surface area (Å²) in [4.78, 5) is 18.9. The van der Waals surface area contributed by atoms with E-state index in [1.54, 1.807) is 0 Å². The average molecular weight is 269 g/mol. The normalized spacial score (nSPS) is 18.6. The summed E-state index contributed by atoms with van der Waals surface area (Å²) in [5.41, 5.74) is 1.43. The quantitative estimate of drug-likeness (QED) is 0.926. The molecule has 0 radical (unpaired) electrons. The number of rotatable bonds is 3. The maximum absolute atomic E-state index is 12.5. The van der Waals surface area contributed by atoms with E-state index in [1.807, 2.05) is 48.3 Å². The van der Waals surface area contributed by atoms with Gasteiger partial charge in [-0.05, 0) is 38.1 Å². The standard InChI is InChI=1S/C16H19N3O/c1-17-10-12-8-9-19(11-12)16(20)15-7-6-13-4-2-3-5-14(13)18-15/h2-7,12,17H,8-11H2,1H3. The Kier molecular flexibility index (Phi) is 3.65. The Labute approximate surface area is 118 Å². The molecule has 1 saturated heterocycles. The van der Waals surface area contributed by atoms with Gasteiger partial charge in [0.2, 0.25) is 0 Å². The SMILES string of the molecule is CNCC1CCN(C(=O)c2ccc3ccccc3n2)C1. The van der Waals surface area contributed by atoms with Crippen molar-refractivity contribution in [2.75, 3.05) is 26.7 Å². The van der Waals surface area contributed by atoms with Crippen LogP contribution in [0.15, 0.2) is 36.4 Å². The van der Waals surface area contributed by atoms with E-state index in [2.05, 4.69) is 10.3 Å². The second kappa shape index (κ2) is 5.59. The molecule has 0 aliphatic carbocycles. The highest BCUT2D eigenvalue weighted by Gasteiger charge is 2.27. The maximum Gasteiger partial charge on any atom is 0.272 e. The number of amides is 1. The third-order valence-corrected chi connectivity index (χ3v) is 3.88. The fraction of sp³-hybridized carbons (Fsp3) is 0.375. The Balaban J connectivity index is 1.79. The fourth-order valence-corrected chi connectivity index (χ4v) is 2.82. The molecule has 1 aromatic carbocycles. The molecule has 2 heterocycles. The predicted octanol–water partition coefficient (Wildman–Crippen LogP) is 1.92. The molecule has 1 N–H and O–H groups in total. The molecular formula is C16H19N3O. The van der Waals surface area contributed by atoms with Gasteiger partial charge in [-0.15, -0.1) is 0 Å². The Bertz CT molecular complexity index is 626. The van der Waals surface area contributed by atoms with Gasteiger partial charge < -0.3 is 10.2 Å². The van der Waals surface area contributed by atoms with Crippen molar-refractivity contribution in [1.29, 1.82) is 0 Å². The molecule has 104 valence electrons. The lowest BCUT2D eigenvalue weighted by atomic mass is 10.1. The smallest absolute Gasteiger partial charge is 0.272 e. The molecule has 2 aromatic rings. The van der Waals surface area contributed by atoms with Crippen LogP contribution in [0.2, 0.25) is 0 Å². The molecule has 0 bridgehead atoms. The van der Waals surface area contributed by atoms with Gasteiger partial charge in [-0.3, -0.25) is 4.79 Å². The van der Waals surface area contributed by atoms with E-state index in [0.29, 0.717) is 11.6 Å². The van der Waals surface area contributed by atoms with Gasteiger partial charge in [0.1, 0.15) is 5.69 Å². The molecule has 1 aromatic heterocycles. The molecular weight excluding hydrogens is 250 g/mol. The first-order valence-electron chi connectivity index (χ1n) is 7.07. The van der Waals surface area contributed by atoms with E-state index in [1.165, 1.54) is 0 Å². The van der Waals surface area contributed by atoms with Crippen LogP contribution in [0.5, 0.6) is 0 Å². The van der Waals surface area contributed by atoms with Crippen molar-refractivity contribution in [3.05, 3.63) is 42.1 Å². The van der Waals surface area contributed by atoms with Crippen LogP contribution in [0.3, 0.4) is 0 Å². The van der Waals surface area contributed by atoms with Gasteiger partial charge in [0, 0.05) is 18.5 Å². The van der Waals surface area contributed by atoms with Gasteiger partial charge in [-0.2, -0.15) is 0 Å². The number of aromatic nitrogens is 1. The third kappa shape index (κ3) is 2.51. The van der Waals surface area contributed by atoms with E-state index >= 15 is 0 Å². The van der Waals surface area contributed by atoms with E-state index in [0.717, 1.165) is 37.0 Å². The summed E-state index contributed by atoms with van der Waals surface area (Å²) in [5.74, 6) is 0.610. The highest BCUT2D eigenvalue weighted by Crippen LogP contribution is 2.19. The second-order valence-electron chi connectivity index (χ2n) is 5.35. The molecule has 0 spiro atoms. The van der Waals surface area contributed by atoms with Gasteiger partial charge >= 0.3 is 0 Å². The molecule has 1 unspecified atom stereocenters. The maximum atomic E-state index is 12.5. The molecule has 1 aliphatic rings. The first-order chi connectivity index (χ1) is 9.78. The van der Waals surface area contributed by atoms with Gasteiger partial charge in [-0.25, -0.2) is 4.98 Å². The largest absolute Gasteiger partial charge is 0.337 e. The summed E-state index contributed by atoms with van der Waals surface area (Å²) in [6.45, 7) is 2.63. The van der Waals surface area contributed by atoms with Crippen LogP contribution >= 0.6 is 0 Å². The number of hydrogen-bond acceptors (Lipinski definition) is 3. The van der Waals surface area contributed by atoms with Crippen LogP contribution < -0.4 is 5.32 Å². The molecule has 1 aliphatic heterocycles. The zero-order valence-electron chi connectivity index (χ0n) is 11.7. The van der Waals surface area contributed by atoms with Crippen molar-refractivity contribution in [2.45, 2.75) is 6.42 Å². The number of pyridine rings is 1. The number of carbonyl (C=O) groups excluding carboxylic acids is 1. The topological polar surface area (TPSA) is 45.2 Å².